The van der Waals surface area contributed by atoms with Crippen molar-refractivity contribution in [1.82, 2.24) is 9.97 Å². The fraction of sp³-hybridized carbons (Fsp3) is 0.231. The summed E-state index contributed by atoms with van der Waals surface area (Å²) >= 11 is 5.94. The molecule has 0 atom stereocenters. The van der Waals surface area contributed by atoms with E-state index in [4.69, 9.17) is 11.6 Å². The third-order valence-corrected chi connectivity index (χ3v) is 3.03. The molecule has 0 amide bonds. The summed E-state index contributed by atoms with van der Waals surface area (Å²) in [6.07, 6.45) is 2.50. The number of rotatable bonds is 3. The van der Waals surface area contributed by atoms with Crippen LogP contribution in [0.25, 0.3) is 0 Å². The Morgan fingerprint density at radius 2 is 1.88 bits per heavy atom. The van der Waals surface area contributed by atoms with Gasteiger partial charge in [-0.05, 0) is 31.0 Å². The monoisotopic (exact) mass is 247 g/mol. The highest BCUT2D eigenvalue weighted by atomic mass is 35.5. The average molecular weight is 248 g/mol. The van der Waals surface area contributed by atoms with Crippen LogP contribution in [0.3, 0.4) is 0 Å². The quantitative estimate of drug-likeness (QED) is 0.840. The summed E-state index contributed by atoms with van der Waals surface area (Å²) in [7, 11) is 0. The fourth-order valence-electron chi connectivity index (χ4n) is 1.52. The highest BCUT2D eigenvalue weighted by molar-refractivity contribution is 6.30. The fourth-order valence-corrected chi connectivity index (χ4v) is 1.65. The van der Waals surface area contributed by atoms with Crippen molar-refractivity contribution >= 4 is 23.1 Å². The Morgan fingerprint density at radius 1 is 1.18 bits per heavy atom. The highest BCUT2D eigenvalue weighted by Crippen LogP contribution is 2.22. The Hall–Kier alpha value is -1.61. The molecular weight excluding hydrogens is 234 g/mol. The van der Waals surface area contributed by atoms with Crippen molar-refractivity contribution in [2.24, 2.45) is 0 Å². The van der Waals surface area contributed by atoms with Crippen molar-refractivity contribution in [3.8, 4) is 0 Å². The van der Waals surface area contributed by atoms with Gasteiger partial charge in [-0.15, -0.1) is 0 Å². The molecule has 0 saturated carbocycles. The average Bonchev–Trinajstić information content (AvgIpc) is 2.36. The number of halogens is 1. The van der Waals surface area contributed by atoms with Crippen molar-refractivity contribution in [3.05, 3.63) is 46.9 Å². The van der Waals surface area contributed by atoms with Crippen LogP contribution in [0.5, 0.6) is 0 Å². The lowest BCUT2D eigenvalue weighted by molar-refractivity contribution is 1.12. The third-order valence-electron chi connectivity index (χ3n) is 2.65. The minimum atomic E-state index is 0.479. The summed E-state index contributed by atoms with van der Waals surface area (Å²) in [5.74, 6) is 0.745. The molecule has 0 aliphatic heterocycles. The molecule has 2 aromatic rings. The van der Waals surface area contributed by atoms with Crippen LogP contribution in [0, 0.1) is 6.92 Å². The highest BCUT2D eigenvalue weighted by Gasteiger charge is 2.04. The molecule has 0 fully saturated rings. The Kier molecular flexibility index (Phi) is 3.59. The zero-order valence-electron chi connectivity index (χ0n) is 9.87. The molecule has 0 radical (unpaired) electrons. The molecule has 0 aliphatic carbocycles. The number of aryl methyl sites for hydroxylation is 1. The minimum absolute atomic E-state index is 0.479. The number of nitrogens with zero attached hydrogens (tertiary/aromatic N) is 2. The molecule has 0 aliphatic rings. The molecule has 3 nitrogen and oxygen atoms in total. The van der Waals surface area contributed by atoms with Crippen molar-refractivity contribution < 1.29 is 0 Å². The normalized spacial score (nSPS) is 10.3. The smallest absolute Gasteiger partial charge is 0.138 e. The summed E-state index contributed by atoms with van der Waals surface area (Å²) in [5, 5.41) is 3.71. The SMILES string of the molecule is CCc1ccc(Nc2ncnc(Cl)c2C)cc1. The van der Waals surface area contributed by atoms with E-state index in [1.807, 2.05) is 19.1 Å². The second-order valence-corrected chi connectivity index (χ2v) is 4.17. The van der Waals surface area contributed by atoms with Gasteiger partial charge in [0.1, 0.15) is 17.3 Å². The first-order valence-electron chi connectivity index (χ1n) is 5.53. The van der Waals surface area contributed by atoms with E-state index in [1.165, 1.54) is 11.9 Å². The molecule has 0 spiro atoms. The first kappa shape index (κ1) is 11.9. The van der Waals surface area contributed by atoms with Crippen LogP contribution in [-0.4, -0.2) is 9.97 Å². The molecule has 1 heterocycles. The van der Waals surface area contributed by atoms with Crippen LogP contribution >= 0.6 is 11.6 Å². The van der Waals surface area contributed by atoms with E-state index in [-0.39, 0.29) is 0 Å². The molecule has 0 saturated heterocycles. The van der Waals surface area contributed by atoms with Crippen LogP contribution in [0.15, 0.2) is 30.6 Å². The maximum atomic E-state index is 5.94. The molecule has 17 heavy (non-hydrogen) atoms. The summed E-state index contributed by atoms with van der Waals surface area (Å²) < 4.78 is 0. The van der Waals surface area contributed by atoms with Crippen molar-refractivity contribution in [3.63, 3.8) is 0 Å². The summed E-state index contributed by atoms with van der Waals surface area (Å²) in [6, 6.07) is 8.27. The van der Waals surface area contributed by atoms with E-state index in [1.54, 1.807) is 0 Å². The van der Waals surface area contributed by atoms with Crippen molar-refractivity contribution in [2.45, 2.75) is 20.3 Å². The number of hydrogen-bond acceptors (Lipinski definition) is 3. The number of nitrogens with one attached hydrogen (secondary N) is 1. The molecule has 0 bridgehead atoms. The molecule has 1 aromatic carbocycles. The second kappa shape index (κ2) is 5.15. The molecular formula is C13H14ClN3. The maximum absolute atomic E-state index is 5.94. The van der Waals surface area contributed by atoms with E-state index in [0.29, 0.717) is 5.15 Å². The topological polar surface area (TPSA) is 37.8 Å². The Morgan fingerprint density at radius 3 is 2.53 bits per heavy atom. The minimum Gasteiger partial charge on any atom is -0.340 e. The maximum Gasteiger partial charge on any atom is 0.138 e. The van der Waals surface area contributed by atoms with Gasteiger partial charge in [0.15, 0.2) is 0 Å². The predicted molar refractivity (Wildman–Crippen MR) is 70.9 cm³/mol. The molecule has 1 aromatic heterocycles. The lowest BCUT2D eigenvalue weighted by Crippen LogP contribution is -1.98. The molecule has 0 unspecified atom stereocenters. The van der Waals surface area contributed by atoms with Crippen LogP contribution in [0.1, 0.15) is 18.1 Å². The number of anilines is 2. The lowest BCUT2D eigenvalue weighted by Gasteiger charge is -2.09. The van der Waals surface area contributed by atoms with E-state index < -0.39 is 0 Å². The standard InChI is InChI=1S/C13H14ClN3/c1-3-10-4-6-11(7-5-10)17-13-9(2)12(14)15-8-16-13/h4-8H,3H2,1-2H3,(H,15,16,17). The zero-order valence-corrected chi connectivity index (χ0v) is 10.6. The number of aromatic nitrogens is 2. The van der Waals surface area contributed by atoms with E-state index >= 15 is 0 Å². The Labute approximate surface area is 106 Å². The van der Waals surface area contributed by atoms with Crippen molar-refractivity contribution in [1.29, 1.82) is 0 Å². The molecule has 88 valence electrons. The van der Waals surface area contributed by atoms with Crippen molar-refractivity contribution in [2.75, 3.05) is 5.32 Å². The largest absolute Gasteiger partial charge is 0.340 e. The number of benzene rings is 1. The Balaban J connectivity index is 2.22. The summed E-state index contributed by atoms with van der Waals surface area (Å²) in [6.45, 7) is 4.03. The first-order valence-corrected chi connectivity index (χ1v) is 5.91. The summed E-state index contributed by atoms with van der Waals surface area (Å²) in [4.78, 5) is 8.09. The number of hydrogen-bond donors (Lipinski definition) is 1. The summed E-state index contributed by atoms with van der Waals surface area (Å²) in [5.41, 5.74) is 3.17. The van der Waals surface area contributed by atoms with Gasteiger partial charge in [-0.25, -0.2) is 9.97 Å². The first-order chi connectivity index (χ1) is 8.20. The van der Waals surface area contributed by atoms with Gasteiger partial charge in [0, 0.05) is 11.3 Å². The molecule has 2 rings (SSSR count). The third kappa shape index (κ3) is 2.74. The van der Waals surface area contributed by atoms with Crippen LogP contribution in [0.2, 0.25) is 5.15 Å². The van der Waals surface area contributed by atoms with E-state index in [9.17, 15) is 0 Å². The van der Waals surface area contributed by atoms with Crippen LogP contribution in [0.4, 0.5) is 11.5 Å². The molecule has 4 heteroatoms. The predicted octanol–water partition coefficient (Wildman–Crippen LogP) is 3.74. The molecule has 1 N–H and O–H groups in total. The van der Waals surface area contributed by atoms with E-state index in [0.717, 1.165) is 23.5 Å². The van der Waals surface area contributed by atoms with Crippen LogP contribution in [-0.2, 0) is 6.42 Å². The van der Waals surface area contributed by atoms with Gasteiger partial charge < -0.3 is 5.32 Å². The van der Waals surface area contributed by atoms with Gasteiger partial charge in [0.25, 0.3) is 0 Å². The zero-order chi connectivity index (χ0) is 12.3. The second-order valence-electron chi connectivity index (χ2n) is 3.81. The van der Waals surface area contributed by atoms with Gasteiger partial charge >= 0.3 is 0 Å². The van der Waals surface area contributed by atoms with Gasteiger partial charge in [0.2, 0.25) is 0 Å². The van der Waals surface area contributed by atoms with Gasteiger partial charge in [-0.2, -0.15) is 0 Å². The van der Waals surface area contributed by atoms with E-state index in [2.05, 4.69) is 34.3 Å². The van der Waals surface area contributed by atoms with Gasteiger partial charge in [-0.1, -0.05) is 30.7 Å². The Bertz CT molecular complexity index is 509. The van der Waals surface area contributed by atoms with Gasteiger partial charge in [0.05, 0.1) is 0 Å². The van der Waals surface area contributed by atoms with Crippen LogP contribution < -0.4 is 5.32 Å². The lowest BCUT2D eigenvalue weighted by atomic mass is 10.1. The van der Waals surface area contributed by atoms with Gasteiger partial charge in [-0.3, -0.25) is 0 Å².